The number of esters is 1. The molecule has 6 heteroatoms. The largest absolute Gasteiger partial charge is 0.508 e. The number of carbonyl (C=O) groups excluding carboxylic acids is 2. The van der Waals surface area contributed by atoms with Crippen molar-refractivity contribution in [3.05, 3.63) is 59.7 Å². The average Bonchev–Trinajstić information content (AvgIpc) is 2.54. The van der Waals surface area contributed by atoms with E-state index in [1.54, 1.807) is 36.4 Å². The van der Waals surface area contributed by atoms with Crippen LogP contribution in [0.3, 0.4) is 0 Å². The lowest BCUT2D eigenvalue weighted by Crippen LogP contribution is -2.16. The van der Waals surface area contributed by atoms with Gasteiger partial charge in [-0.1, -0.05) is 24.3 Å². The maximum absolute atomic E-state index is 11.8. The molecule has 2 aromatic rings. The van der Waals surface area contributed by atoms with Crippen molar-refractivity contribution in [2.24, 2.45) is 0 Å². The number of nitrogens with one attached hydrogen (secondary N) is 1. The zero-order chi connectivity index (χ0) is 15.9. The van der Waals surface area contributed by atoms with E-state index in [0.717, 1.165) is 5.56 Å². The summed E-state index contributed by atoms with van der Waals surface area (Å²) in [5, 5.41) is 11.7. The minimum absolute atomic E-state index is 0.0481. The topological polar surface area (TPSA) is 84.9 Å². The number of methoxy groups -OCH3 is 1. The van der Waals surface area contributed by atoms with E-state index in [-0.39, 0.29) is 17.9 Å². The summed E-state index contributed by atoms with van der Waals surface area (Å²) in [6.45, 7) is 0.0481. The van der Waals surface area contributed by atoms with Crippen molar-refractivity contribution in [1.29, 1.82) is 0 Å². The Labute approximate surface area is 127 Å². The van der Waals surface area contributed by atoms with Gasteiger partial charge in [0.25, 0.3) is 0 Å². The van der Waals surface area contributed by atoms with Crippen LogP contribution in [0.4, 0.5) is 10.5 Å². The number of ether oxygens (including phenoxy) is 2. The van der Waals surface area contributed by atoms with Crippen molar-refractivity contribution in [3.8, 4) is 5.75 Å². The van der Waals surface area contributed by atoms with E-state index in [4.69, 9.17) is 4.74 Å². The normalized spacial score (nSPS) is 9.86. The Hall–Kier alpha value is -3.02. The highest BCUT2D eigenvalue weighted by atomic mass is 16.5. The molecule has 2 N–H and O–H groups in total. The molecule has 0 radical (unpaired) electrons. The Morgan fingerprint density at radius 1 is 1.09 bits per heavy atom. The van der Waals surface area contributed by atoms with E-state index < -0.39 is 12.1 Å². The van der Waals surface area contributed by atoms with Gasteiger partial charge in [0.2, 0.25) is 0 Å². The van der Waals surface area contributed by atoms with E-state index in [9.17, 15) is 14.7 Å². The SMILES string of the molecule is COC(=O)c1ccccc1NC(=O)OCc1ccc(O)cc1. The van der Waals surface area contributed by atoms with E-state index in [0.29, 0.717) is 5.69 Å². The fourth-order valence-electron chi connectivity index (χ4n) is 1.77. The van der Waals surface area contributed by atoms with Crippen LogP contribution in [-0.4, -0.2) is 24.3 Å². The van der Waals surface area contributed by atoms with Gasteiger partial charge in [0.05, 0.1) is 18.4 Å². The Balaban J connectivity index is 1.97. The van der Waals surface area contributed by atoms with Gasteiger partial charge in [0, 0.05) is 0 Å². The second-order valence-electron chi connectivity index (χ2n) is 4.40. The monoisotopic (exact) mass is 301 g/mol. The van der Waals surface area contributed by atoms with Gasteiger partial charge >= 0.3 is 12.1 Å². The predicted octanol–water partition coefficient (Wildman–Crippen LogP) is 2.93. The molecule has 0 heterocycles. The summed E-state index contributed by atoms with van der Waals surface area (Å²) in [5.74, 6) is -0.408. The number of hydrogen-bond donors (Lipinski definition) is 2. The lowest BCUT2D eigenvalue weighted by atomic mass is 10.2. The molecule has 0 bridgehead atoms. The number of carbonyl (C=O) groups is 2. The Morgan fingerprint density at radius 3 is 2.45 bits per heavy atom. The van der Waals surface area contributed by atoms with Gasteiger partial charge in [0.1, 0.15) is 12.4 Å². The summed E-state index contributed by atoms with van der Waals surface area (Å²) < 4.78 is 9.70. The van der Waals surface area contributed by atoms with Crippen LogP contribution in [0, 0.1) is 0 Å². The molecule has 2 aromatic carbocycles. The van der Waals surface area contributed by atoms with Crippen molar-refractivity contribution in [2.75, 3.05) is 12.4 Å². The molecule has 22 heavy (non-hydrogen) atoms. The standard InChI is InChI=1S/C16H15NO5/c1-21-15(19)13-4-2-3-5-14(13)17-16(20)22-10-11-6-8-12(18)9-7-11/h2-9,18H,10H2,1H3,(H,17,20). The van der Waals surface area contributed by atoms with Gasteiger partial charge in [-0.05, 0) is 29.8 Å². The molecule has 0 unspecified atom stereocenters. The third kappa shape index (κ3) is 3.99. The number of anilines is 1. The lowest BCUT2D eigenvalue weighted by molar-refractivity contribution is 0.0602. The zero-order valence-electron chi connectivity index (χ0n) is 11.9. The summed E-state index contributed by atoms with van der Waals surface area (Å²) in [6, 6.07) is 12.8. The molecule has 2 rings (SSSR count). The molecule has 0 saturated carbocycles. The molecule has 0 spiro atoms. The average molecular weight is 301 g/mol. The Kier molecular flexibility index (Phi) is 4.98. The second kappa shape index (κ2) is 7.12. The smallest absolute Gasteiger partial charge is 0.411 e. The number of hydrogen-bond acceptors (Lipinski definition) is 5. The number of benzene rings is 2. The van der Waals surface area contributed by atoms with Crippen LogP contribution in [-0.2, 0) is 16.1 Å². The van der Waals surface area contributed by atoms with E-state index in [2.05, 4.69) is 10.1 Å². The van der Waals surface area contributed by atoms with Crippen LogP contribution in [0.25, 0.3) is 0 Å². The van der Waals surface area contributed by atoms with Crippen LogP contribution < -0.4 is 5.32 Å². The highest BCUT2D eigenvalue weighted by Crippen LogP contribution is 2.17. The van der Waals surface area contributed by atoms with Crippen molar-refractivity contribution in [1.82, 2.24) is 0 Å². The molecule has 0 aliphatic rings. The molecule has 0 aliphatic carbocycles. The molecule has 0 fully saturated rings. The number of amides is 1. The van der Waals surface area contributed by atoms with Crippen molar-refractivity contribution in [2.45, 2.75) is 6.61 Å². The third-order valence-electron chi connectivity index (χ3n) is 2.88. The van der Waals surface area contributed by atoms with Gasteiger partial charge in [-0.15, -0.1) is 0 Å². The van der Waals surface area contributed by atoms with Gasteiger partial charge < -0.3 is 14.6 Å². The summed E-state index contributed by atoms with van der Waals surface area (Å²) >= 11 is 0. The number of aromatic hydroxyl groups is 1. The molecule has 6 nitrogen and oxygen atoms in total. The first kappa shape index (κ1) is 15.4. The molecule has 114 valence electrons. The summed E-state index contributed by atoms with van der Waals surface area (Å²) in [6.07, 6.45) is -0.690. The molecule has 0 aliphatic heterocycles. The molecule has 0 atom stereocenters. The molecule has 0 aromatic heterocycles. The second-order valence-corrected chi connectivity index (χ2v) is 4.40. The first-order chi connectivity index (χ1) is 10.6. The minimum Gasteiger partial charge on any atom is -0.508 e. The fraction of sp³-hybridized carbons (Fsp3) is 0.125. The van der Waals surface area contributed by atoms with Crippen molar-refractivity contribution in [3.63, 3.8) is 0 Å². The summed E-state index contributed by atoms with van der Waals surface area (Å²) in [4.78, 5) is 23.4. The van der Waals surface area contributed by atoms with Gasteiger partial charge in [-0.3, -0.25) is 5.32 Å². The van der Waals surface area contributed by atoms with Gasteiger partial charge in [0.15, 0.2) is 0 Å². The molecule has 0 saturated heterocycles. The van der Waals surface area contributed by atoms with Crippen LogP contribution in [0.15, 0.2) is 48.5 Å². The van der Waals surface area contributed by atoms with Gasteiger partial charge in [-0.25, -0.2) is 9.59 Å². The minimum atomic E-state index is -0.690. The first-order valence-electron chi connectivity index (χ1n) is 6.49. The highest BCUT2D eigenvalue weighted by molar-refractivity contribution is 5.99. The van der Waals surface area contributed by atoms with Gasteiger partial charge in [-0.2, -0.15) is 0 Å². The van der Waals surface area contributed by atoms with E-state index in [1.165, 1.54) is 19.2 Å². The Bertz CT molecular complexity index is 666. The molecular formula is C16H15NO5. The number of para-hydroxylation sites is 1. The molecular weight excluding hydrogens is 286 g/mol. The van der Waals surface area contributed by atoms with Crippen molar-refractivity contribution < 1.29 is 24.2 Å². The predicted molar refractivity (Wildman–Crippen MR) is 79.7 cm³/mol. The fourth-order valence-corrected chi connectivity index (χ4v) is 1.77. The number of rotatable bonds is 4. The number of phenols is 1. The van der Waals surface area contributed by atoms with E-state index in [1.807, 2.05) is 0 Å². The zero-order valence-corrected chi connectivity index (χ0v) is 11.9. The maximum atomic E-state index is 11.8. The summed E-state index contributed by atoms with van der Waals surface area (Å²) in [5.41, 5.74) is 1.28. The highest BCUT2D eigenvalue weighted by Gasteiger charge is 2.13. The maximum Gasteiger partial charge on any atom is 0.411 e. The van der Waals surface area contributed by atoms with E-state index >= 15 is 0 Å². The summed E-state index contributed by atoms with van der Waals surface area (Å²) in [7, 11) is 1.27. The lowest BCUT2D eigenvalue weighted by Gasteiger charge is -2.10. The third-order valence-corrected chi connectivity index (χ3v) is 2.88. The van der Waals surface area contributed by atoms with Crippen LogP contribution in [0.1, 0.15) is 15.9 Å². The van der Waals surface area contributed by atoms with Crippen LogP contribution >= 0.6 is 0 Å². The van der Waals surface area contributed by atoms with Crippen LogP contribution in [0.2, 0.25) is 0 Å². The first-order valence-corrected chi connectivity index (χ1v) is 6.49. The Morgan fingerprint density at radius 2 is 1.77 bits per heavy atom. The number of phenolic OH excluding ortho intramolecular Hbond substituents is 1. The quantitative estimate of drug-likeness (QED) is 0.848. The molecule has 1 amide bonds. The van der Waals surface area contributed by atoms with Crippen LogP contribution in [0.5, 0.6) is 5.75 Å². The van der Waals surface area contributed by atoms with Crippen molar-refractivity contribution >= 4 is 17.7 Å².